The van der Waals surface area contributed by atoms with Crippen LogP contribution in [0.3, 0.4) is 0 Å². The van der Waals surface area contributed by atoms with Gasteiger partial charge in [-0.15, -0.1) is 0 Å². The molecule has 0 unspecified atom stereocenters. The van der Waals surface area contributed by atoms with Crippen molar-refractivity contribution in [2.75, 3.05) is 35.0 Å². The van der Waals surface area contributed by atoms with E-state index in [0.717, 1.165) is 42.4 Å². The Kier molecular flexibility index (Phi) is 4.64. The number of nitrogens with zero attached hydrogens (tertiary/aromatic N) is 1. The van der Waals surface area contributed by atoms with Gasteiger partial charge in [0.2, 0.25) is 0 Å². The molecule has 0 saturated carbocycles. The first-order valence-electron chi connectivity index (χ1n) is 9.37. The third-order valence-electron chi connectivity index (χ3n) is 6.05. The number of rotatable bonds is 4. The Morgan fingerprint density at radius 3 is 2.22 bits per heavy atom. The Hall–Kier alpha value is -2.40. The first kappa shape index (κ1) is 18.0. The summed E-state index contributed by atoms with van der Waals surface area (Å²) < 4.78 is 22.3. The monoisotopic (exact) mass is 369 g/mol. The fraction of sp³-hybridized carbons (Fsp3) is 0.455. The number of benzene rings is 2. The zero-order chi connectivity index (χ0) is 19.1. The number of hydrogen-bond donors (Lipinski definition) is 0. The van der Waals surface area contributed by atoms with Crippen LogP contribution in [0.1, 0.15) is 41.3 Å². The summed E-state index contributed by atoms with van der Waals surface area (Å²) in [7, 11) is 6.80. The molecule has 5 heteroatoms. The van der Waals surface area contributed by atoms with Gasteiger partial charge in [-0.05, 0) is 54.7 Å². The highest BCUT2D eigenvalue weighted by Gasteiger charge is 2.39. The average Bonchev–Trinajstić information content (AvgIpc) is 2.71. The van der Waals surface area contributed by atoms with E-state index in [4.69, 9.17) is 18.9 Å². The molecule has 0 bridgehead atoms. The van der Waals surface area contributed by atoms with Gasteiger partial charge in [0.1, 0.15) is 0 Å². The molecule has 2 heterocycles. The molecule has 0 N–H and O–H groups in total. The normalized spacial score (nSPS) is 20.9. The van der Waals surface area contributed by atoms with Gasteiger partial charge in [-0.2, -0.15) is 0 Å². The van der Waals surface area contributed by atoms with E-state index in [2.05, 4.69) is 30.0 Å². The summed E-state index contributed by atoms with van der Waals surface area (Å²) in [6.45, 7) is 3.27. The molecule has 27 heavy (non-hydrogen) atoms. The lowest BCUT2D eigenvalue weighted by Crippen LogP contribution is -2.41. The van der Waals surface area contributed by atoms with Gasteiger partial charge in [0.25, 0.3) is 0 Å². The van der Waals surface area contributed by atoms with Crippen molar-refractivity contribution >= 4 is 0 Å². The van der Waals surface area contributed by atoms with Gasteiger partial charge in [-0.25, -0.2) is 0 Å². The first-order chi connectivity index (χ1) is 13.1. The second-order valence-electron chi connectivity index (χ2n) is 7.16. The summed E-state index contributed by atoms with van der Waals surface area (Å²) >= 11 is 0. The summed E-state index contributed by atoms with van der Waals surface area (Å²) in [4.78, 5) is 2.57. The van der Waals surface area contributed by atoms with Gasteiger partial charge in [-0.3, -0.25) is 4.90 Å². The second kappa shape index (κ2) is 6.97. The van der Waals surface area contributed by atoms with Crippen LogP contribution in [0.4, 0.5) is 0 Å². The van der Waals surface area contributed by atoms with Crippen molar-refractivity contribution in [2.45, 2.75) is 31.8 Å². The highest BCUT2D eigenvalue weighted by Crippen LogP contribution is 2.50. The third-order valence-corrected chi connectivity index (χ3v) is 6.05. The van der Waals surface area contributed by atoms with Gasteiger partial charge in [0.15, 0.2) is 23.0 Å². The summed E-state index contributed by atoms with van der Waals surface area (Å²) in [6, 6.07) is 9.07. The molecule has 0 fully saturated rings. The topological polar surface area (TPSA) is 40.2 Å². The van der Waals surface area contributed by atoms with E-state index >= 15 is 0 Å². The molecule has 0 aromatic heterocycles. The highest BCUT2D eigenvalue weighted by molar-refractivity contribution is 5.56. The molecule has 2 aliphatic heterocycles. The first-order valence-corrected chi connectivity index (χ1v) is 9.37. The van der Waals surface area contributed by atoms with Crippen LogP contribution in [-0.2, 0) is 12.8 Å². The smallest absolute Gasteiger partial charge is 0.165 e. The van der Waals surface area contributed by atoms with Crippen molar-refractivity contribution in [1.82, 2.24) is 4.90 Å². The van der Waals surface area contributed by atoms with Crippen LogP contribution in [0.15, 0.2) is 24.3 Å². The average molecular weight is 369 g/mol. The molecule has 2 aromatic rings. The van der Waals surface area contributed by atoms with Crippen LogP contribution < -0.4 is 18.9 Å². The maximum atomic E-state index is 5.73. The van der Waals surface area contributed by atoms with Crippen molar-refractivity contribution < 1.29 is 18.9 Å². The molecule has 0 amide bonds. The maximum Gasteiger partial charge on any atom is 0.165 e. The molecule has 4 rings (SSSR count). The maximum absolute atomic E-state index is 5.73. The van der Waals surface area contributed by atoms with E-state index < -0.39 is 0 Å². The zero-order valence-corrected chi connectivity index (χ0v) is 16.7. The van der Waals surface area contributed by atoms with Crippen LogP contribution in [0.25, 0.3) is 0 Å². The van der Waals surface area contributed by atoms with E-state index in [9.17, 15) is 0 Å². The van der Waals surface area contributed by atoms with E-state index in [0.29, 0.717) is 6.04 Å². The minimum atomic E-state index is 0.255. The van der Waals surface area contributed by atoms with Crippen LogP contribution in [0, 0.1) is 0 Å². The lowest BCUT2D eigenvalue weighted by molar-refractivity contribution is 0.114. The number of ether oxygens (including phenoxy) is 4. The summed E-state index contributed by atoms with van der Waals surface area (Å²) in [5.74, 6) is 3.26. The van der Waals surface area contributed by atoms with Crippen LogP contribution in [-0.4, -0.2) is 39.9 Å². The Bertz CT molecular complexity index is 864. The fourth-order valence-corrected chi connectivity index (χ4v) is 4.74. The molecular weight excluding hydrogens is 342 g/mol. The molecule has 0 aliphatic carbocycles. The third kappa shape index (κ3) is 2.72. The Morgan fingerprint density at radius 2 is 1.56 bits per heavy atom. The molecule has 5 nitrogen and oxygen atoms in total. The molecule has 0 spiro atoms. The zero-order valence-electron chi connectivity index (χ0n) is 16.7. The highest BCUT2D eigenvalue weighted by atomic mass is 16.5. The van der Waals surface area contributed by atoms with Crippen LogP contribution >= 0.6 is 0 Å². The lowest BCUT2D eigenvalue weighted by Gasteiger charge is -2.46. The molecule has 2 aromatic carbocycles. The molecule has 2 atom stereocenters. The number of hydrogen-bond acceptors (Lipinski definition) is 5. The van der Waals surface area contributed by atoms with Crippen LogP contribution in [0.5, 0.6) is 23.0 Å². The van der Waals surface area contributed by atoms with Gasteiger partial charge in [-0.1, -0.05) is 6.07 Å². The predicted octanol–water partition coefficient (Wildman–Crippen LogP) is 3.94. The summed E-state index contributed by atoms with van der Waals surface area (Å²) in [5.41, 5.74) is 5.26. The van der Waals surface area contributed by atoms with Gasteiger partial charge in [0.05, 0.1) is 28.4 Å². The van der Waals surface area contributed by atoms with Crippen molar-refractivity contribution in [2.24, 2.45) is 0 Å². The Morgan fingerprint density at radius 1 is 0.852 bits per heavy atom. The van der Waals surface area contributed by atoms with Crippen molar-refractivity contribution in [3.05, 3.63) is 46.5 Å². The van der Waals surface area contributed by atoms with Crippen molar-refractivity contribution in [1.29, 1.82) is 0 Å². The van der Waals surface area contributed by atoms with Gasteiger partial charge in [0, 0.05) is 24.2 Å². The second-order valence-corrected chi connectivity index (χ2v) is 7.16. The van der Waals surface area contributed by atoms with Gasteiger partial charge < -0.3 is 18.9 Å². The molecule has 2 aliphatic rings. The number of methoxy groups -OCH3 is 4. The fourth-order valence-electron chi connectivity index (χ4n) is 4.74. The van der Waals surface area contributed by atoms with E-state index in [1.807, 2.05) is 6.07 Å². The molecule has 144 valence electrons. The van der Waals surface area contributed by atoms with E-state index in [1.54, 1.807) is 28.4 Å². The van der Waals surface area contributed by atoms with Crippen LogP contribution in [0.2, 0.25) is 0 Å². The largest absolute Gasteiger partial charge is 0.493 e. The van der Waals surface area contributed by atoms with E-state index in [-0.39, 0.29) is 6.04 Å². The Labute approximate surface area is 160 Å². The standard InChI is InChI=1S/C22H27NO4/c1-13-21-15(6-7-18(24-2)22(21)27-5)10-17-16-12-20(26-4)19(25-3)11-14(16)8-9-23(13)17/h6-7,11-13,17H,8-10H2,1-5H3/t13-,17-/m0/s1. The lowest BCUT2D eigenvalue weighted by atomic mass is 9.80. The minimum Gasteiger partial charge on any atom is -0.493 e. The van der Waals surface area contributed by atoms with E-state index in [1.165, 1.54) is 22.3 Å². The van der Waals surface area contributed by atoms with Gasteiger partial charge >= 0.3 is 0 Å². The molecule has 0 radical (unpaired) electrons. The van der Waals surface area contributed by atoms with Crippen molar-refractivity contribution in [3.63, 3.8) is 0 Å². The number of fused-ring (bicyclic) bond motifs is 4. The minimum absolute atomic E-state index is 0.255. The predicted molar refractivity (Wildman–Crippen MR) is 104 cm³/mol. The summed E-state index contributed by atoms with van der Waals surface area (Å²) in [6.07, 6.45) is 1.95. The molecule has 0 saturated heterocycles. The Balaban J connectivity index is 1.82. The SMILES string of the molecule is COc1cc2c(cc1OC)[C@@H]1Cc3ccc(OC)c(OC)c3[C@H](C)N1CC2. The van der Waals surface area contributed by atoms with Crippen molar-refractivity contribution in [3.8, 4) is 23.0 Å². The molecular formula is C22H27NO4. The summed E-state index contributed by atoms with van der Waals surface area (Å²) in [5, 5.41) is 0. The quantitative estimate of drug-likeness (QED) is 0.816.